The zero-order valence-corrected chi connectivity index (χ0v) is 11.9. The molecular weight excluding hydrogens is 242 g/mol. The summed E-state index contributed by atoms with van der Waals surface area (Å²) in [6.45, 7) is 8.69. The van der Waals surface area contributed by atoms with E-state index in [2.05, 4.69) is 26.1 Å². The van der Waals surface area contributed by atoms with Crippen LogP contribution in [0.2, 0.25) is 0 Å². The van der Waals surface area contributed by atoms with Crippen molar-refractivity contribution >= 4 is 0 Å². The SMILES string of the molecule is CCCNCC(Oc1ccc2c(c1)OCO2)C(C)C. The average molecular weight is 265 g/mol. The molecular formula is C15H23NO3. The summed E-state index contributed by atoms with van der Waals surface area (Å²) in [5, 5.41) is 3.41. The lowest BCUT2D eigenvalue weighted by Gasteiger charge is -2.23. The van der Waals surface area contributed by atoms with E-state index in [4.69, 9.17) is 14.2 Å². The maximum absolute atomic E-state index is 6.05. The molecule has 106 valence electrons. The first kappa shape index (κ1) is 14.0. The van der Waals surface area contributed by atoms with Crippen molar-refractivity contribution in [3.8, 4) is 17.2 Å². The summed E-state index contributed by atoms with van der Waals surface area (Å²) in [4.78, 5) is 0. The highest BCUT2D eigenvalue weighted by Crippen LogP contribution is 2.35. The van der Waals surface area contributed by atoms with Gasteiger partial charge in [0.15, 0.2) is 11.5 Å². The second kappa shape index (κ2) is 6.66. The van der Waals surface area contributed by atoms with Crippen molar-refractivity contribution in [3.63, 3.8) is 0 Å². The Balaban J connectivity index is 1.96. The standard InChI is InChI=1S/C15H23NO3/c1-4-7-16-9-15(11(2)3)19-12-5-6-13-14(8-12)18-10-17-13/h5-6,8,11,15-16H,4,7,9-10H2,1-3H3. The van der Waals surface area contributed by atoms with Gasteiger partial charge in [-0.25, -0.2) is 0 Å². The molecule has 0 spiro atoms. The van der Waals surface area contributed by atoms with Crippen LogP contribution in [0, 0.1) is 5.92 Å². The molecule has 0 fully saturated rings. The molecule has 1 N–H and O–H groups in total. The van der Waals surface area contributed by atoms with Crippen LogP contribution in [0.1, 0.15) is 27.2 Å². The second-order valence-electron chi connectivity index (χ2n) is 5.12. The molecule has 0 radical (unpaired) electrons. The molecule has 0 saturated heterocycles. The molecule has 1 aliphatic heterocycles. The maximum Gasteiger partial charge on any atom is 0.231 e. The lowest BCUT2D eigenvalue weighted by molar-refractivity contribution is 0.148. The highest BCUT2D eigenvalue weighted by atomic mass is 16.7. The molecule has 1 aliphatic rings. The Morgan fingerprint density at radius 2 is 2.05 bits per heavy atom. The van der Waals surface area contributed by atoms with Gasteiger partial charge in [0.05, 0.1) is 0 Å². The summed E-state index contributed by atoms with van der Waals surface area (Å²) in [6, 6.07) is 5.73. The average Bonchev–Trinajstić information content (AvgIpc) is 2.85. The van der Waals surface area contributed by atoms with Gasteiger partial charge in [-0.15, -0.1) is 0 Å². The maximum atomic E-state index is 6.05. The summed E-state index contributed by atoms with van der Waals surface area (Å²) < 4.78 is 16.7. The molecule has 19 heavy (non-hydrogen) atoms. The number of hydrogen-bond acceptors (Lipinski definition) is 4. The molecule has 1 heterocycles. The van der Waals surface area contributed by atoms with Crippen LogP contribution < -0.4 is 19.5 Å². The largest absolute Gasteiger partial charge is 0.489 e. The third kappa shape index (κ3) is 3.77. The Labute approximate surface area is 115 Å². The van der Waals surface area contributed by atoms with Gasteiger partial charge in [-0.1, -0.05) is 20.8 Å². The van der Waals surface area contributed by atoms with Gasteiger partial charge in [0, 0.05) is 12.6 Å². The molecule has 0 bridgehead atoms. The fraction of sp³-hybridized carbons (Fsp3) is 0.600. The van der Waals surface area contributed by atoms with Crippen LogP contribution in [0.15, 0.2) is 18.2 Å². The van der Waals surface area contributed by atoms with Crippen LogP contribution in [0.4, 0.5) is 0 Å². The van der Waals surface area contributed by atoms with E-state index in [-0.39, 0.29) is 6.10 Å². The van der Waals surface area contributed by atoms with E-state index in [0.717, 1.165) is 36.8 Å². The molecule has 0 aliphatic carbocycles. The van der Waals surface area contributed by atoms with E-state index in [1.807, 2.05) is 18.2 Å². The first-order chi connectivity index (χ1) is 9.20. The quantitative estimate of drug-likeness (QED) is 0.770. The molecule has 1 aromatic rings. The van der Waals surface area contributed by atoms with Crippen LogP contribution in [-0.4, -0.2) is 26.0 Å². The third-order valence-corrected chi connectivity index (χ3v) is 3.15. The Hall–Kier alpha value is -1.42. The first-order valence-electron chi connectivity index (χ1n) is 6.97. The van der Waals surface area contributed by atoms with E-state index in [1.54, 1.807) is 0 Å². The fourth-order valence-electron chi connectivity index (χ4n) is 1.96. The van der Waals surface area contributed by atoms with Gasteiger partial charge >= 0.3 is 0 Å². The number of nitrogens with one attached hydrogen (secondary N) is 1. The second-order valence-corrected chi connectivity index (χ2v) is 5.12. The zero-order valence-electron chi connectivity index (χ0n) is 11.9. The Morgan fingerprint density at radius 1 is 1.26 bits per heavy atom. The minimum Gasteiger partial charge on any atom is -0.489 e. The van der Waals surface area contributed by atoms with E-state index >= 15 is 0 Å². The van der Waals surface area contributed by atoms with Gasteiger partial charge < -0.3 is 19.5 Å². The van der Waals surface area contributed by atoms with Crippen LogP contribution in [0.5, 0.6) is 17.2 Å². The van der Waals surface area contributed by atoms with Crippen molar-refractivity contribution in [2.24, 2.45) is 5.92 Å². The van der Waals surface area contributed by atoms with Crippen LogP contribution in [0.3, 0.4) is 0 Å². The fourth-order valence-corrected chi connectivity index (χ4v) is 1.96. The van der Waals surface area contributed by atoms with Crippen LogP contribution >= 0.6 is 0 Å². The molecule has 0 saturated carbocycles. The smallest absolute Gasteiger partial charge is 0.231 e. The van der Waals surface area contributed by atoms with E-state index in [0.29, 0.717) is 12.7 Å². The summed E-state index contributed by atoms with van der Waals surface area (Å²) in [7, 11) is 0. The van der Waals surface area contributed by atoms with Gasteiger partial charge in [0.1, 0.15) is 11.9 Å². The molecule has 0 aromatic heterocycles. The number of fused-ring (bicyclic) bond motifs is 1. The van der Waals surface area contributed by atoms with Crippen LogP contribution in [-0.2, 0) is 0 Å². The third-order valence-electron chi connectivity index (χ3n) is 3.15. The predicted octanol–water partition coefficient (Wildman–Crippen LogP) is 2.82. The molecule has 4 nitrogen and oxygen atoms in total. The van der Waals surface area contributed by atoms with Crippen molar-refractivity contribution in [2.75, 3.05) is 19.9 Å². The molecule has 1 atom stereocenters. The predicted molar refractivity (Wildman–Crippen MR) is 75.0 cm³/mol. The van der Waals surface area contributed by atoms with Crippen molar-refractivity contribution in [2.45, 2.75) is 33.3 Å². The first-order valence-corrected chi connectivity index (χ1v) is 6.97. The summed E-state index contributed by atoms with van der Waals surface area (Å²) >= 11 is 0. The Kier molecular flexibility index (Phi) is 4.91. The number of benzene rings is 1. The Morgan fingerprint density at radius 3 is 2.79 bits per heavy atom. The zero-order chi connectivity index (χ0) is 13.7. The molecule has 1 unspecified atom stereocenters. The minimum absolute atomic E-state index is 0.159. The van der Waals surface area contributed by atoms with E-state index in [1.165, 1.54) is 0 Å². The lowest BCUT2D eigenvalue weighted by atomic mass is 10.1. The van der Waals surface area contributed by atoms with Crippen LogP contribution in [0.25, 0.3) is 0 Å². The topological polar surface area (TPSA) is 39.7 Å². The van der Waals surface area contributed by atoms with Gasteiger partial charge in [-0.05, 0) is 31.0 Å². The van der Waals surface area contributed by atoms with Gasteiger partial charge in [0.25, 0.3) is 0 Å². The van der Waals surface area contributed by atoms with Gasteiger partial charge in [-0.2, -0.15) is 0 Å². The molecule has 1 aromatic carbocycles. The lowest BCUT2D eigenvalue weighted by Crippen LogP contribution is -2.35. The van der Waals surface area contributed by atoms with Crippen molar-refractivity contribution < 1.29 is 14.2 Å². The Bertz CT molecular complexity index is 406. The highest BCUT2D eigenvalue weighted by molar-refractivity contribution is 5.46. The summed E-state index contributed by atoms with van der Waals surface area (Å²) in [6.07, 6.45) is 1.29. The molecule has 2 rings (SSSR count). The van der Waals surface area contributed by atoms with E-state index < -0.39 is 0 Å². The number of hydrogen-bond donors (Lipinski definition) is 1. The molecule has 4 heteroatoms. The summed E-state index contributed by atoms with van der Waals surface area (Å²) in [5.74, 6) is 2.84. The van der Waals surface area contributed by atoms with Gasteiger partial charge in [0.2, 0.25) is 6.79 Å². The number of ether oxygens (including phenoxy) is 3. The van der Waals surface area contributed by atoms with E-state index in [9.17, 15) is 0 Å². The normalized spacial score (nSPS) is 14.7. The van der Waals surface area contributed by atoms with Crippen molar-refractivity contribution in [1.82, 2.24) is 5.32 Å². The van der Waals surface area contributed by atoms with Crippen molar-refractivity contribution in [1.29, 1.82) is 0 Å². The van der Waals surface area contributed by atoms with Gasteiger partial charge in [-0.3, -0.25) is 0 Å². The number of rotatable bonds is 7. The monoisotopic (exact) mass is 265 g/mol. The summed E-state index contributed by atoms with van der Waals surface area (Å²) in [5.41, 5.74) is 0. The molecule has 0 amide bonds. The van der Waals surface area contributed by atoms with Crippen molar-refractivity contribution in [3.05, 3.63) is 18.2 Å². The minimum atomic E-state index is 0.159. The highest BCUT2D eigenvalue weighted by Gasteiger charge is 2.18.